The Morgan fingerprint density at radius 1 is 0.905 bits per heavy atom. The molecule has 2 heteroatoms. The third-order valence-electron chi connectivity index (χ3n) is 4.28. The molecular formula is C19H17NS. The molecule has 1 unspecified atom stereocenters. The summed E-state index contributed by atoms with van der Waals surface area (Å²) in [6.45, 7) is 4.46. The molecular weight excluding hydrogens is 274 g/mol. The van der Waals surface area contributed by atoms with Gasteiger partial charge in [-0.15, -0.1) is 11.8 Å². The molecule has 0 amide bonds. The molecule has 1 aromatic heterocycles. The Hall–Kier alpha value is -1.93. The molecule has 0 aliphatic carbocycles. The van der Waals surface area contributed by atoms with E-state index in [0.717, 1.165) is 0 Å². The third kappa shape index (κ3) is 1.86. The van der Waals surface area contributed by atoms with Crippen LogP contribution < -0.4 is 0 Å². The molecule has 3 aromatic rings. The van der Waals surface area contributed by atoms with Gasteiger partial charge in [-0.3, -0.25) is 0 Å². The van der Waals surface area contributed by atoms with Crippen molar-refractivity contribution in [1.82, 2.24) is 4.57 Å². The second kappa shape index (κ2) is 4.54. The number of para-hydroxylation sites is 1. The monoisotopic (exact) mass is 291 g/mol. The largest absolute Gasteiger partial charge is 0.318 e. The predicted octanol–water partition coefficient (Wildman–Crippen LogP) is 5.15. The first-order chi connectivity index (χ1) is 10.2. The van der Waals surface area contributed by atoms with E-state index < -0.39 is 0 Å². The topological polar surface area (TPSA) is 4.93 Å². The Kier molecular flexibility index (Phi) is 2.76. The average Bonchev–Trinajstić information content (AvgIpc) is 2.99. The number of thioether (sulfide) groups is 1. The van der Waals surface area contributed by atoms with E-state index in [4.69, 9.17) is 0 Å². The van der Waals surface area contributed by atoms with Crippen LogP contribution in [-0.4, -0.2) is 4.57 Å². The number of aryl methyl sites for hydroxylation is 1. The maximum atomic E-state index is 2.33. The van der Waals surface area contributed by atoms with Crippen molar-refractivity contribution in [3.63, 3.8) is 0 Å². The Balaban J connectivity index is 1.94. The minimum absolute atomic E-state index is 0.0500. The Morgan fingerprint density at radius 2 is 1.67 bits per heavy atom. The van der Waals surface area contributed by atoms with Crippen molar-refractivity contribution in [2.24, 2.45) is 0 Å². The highest BCUT2D eigenvalue weighted by molar-refractivity contribution is 8.00. The van der Waals surface area contributed by atoms with Gasteiger partial charge < -0.3 is 4.57 Å². The van der Waals surface area contributed by atoms with Crippen molar-refractivity contribution >= 4 is 11.8 Å². The van der Waals surface area contributed by atoms with E-state index in [1.807, 2.05) is 11.8 Å². The number of benzene rings is 2. The van der Waals surface area contributed by atoms with Crippen molar-refractivity contribution in [3.8, 4) is 5.69 Å². The van der Waals surface area contributed by atoms with E-state index >= 15 is 0 Å². The molecule has 2 aromatic carbocycles. The quantitative estimate of drug-likeness (QED) is 0.600. The van der Waals surface area contributed by atoms with Gasteiger partial charge in [0.05, 0.1) is 10.4 Å². The molecule has 0 radical (unpaired) electrons. The molecule has 1 nitrogen and oxygen atoms in total. The van der Waals surface area contributed by atoms with Crippen molar-refractivity contribution in [2.45, 2.75) is 23.5 Å². The zero-order valence-corrected chi connectivity index (χ0v) is 13.0. The molecule has 0 saturated heterocycles. The second-order valence-corrected chi connectivity index (χ2v) is 7.19. The number of aromatic nitrogens is 1. The van der Waals surface area contributed by atoms with Crippen LogP contribution in [0.15, 0.2) is 71.8 Å². The lowest BCUT2D eigenvalue weighted by molar-refractivity contribution is 0.744. The van der Waals surface area contributed by atoms with Gasteiger partial charge in [-0.1, -0.05) is 42.0 Å². The molecule has 21 heavy (non-hydrogen) atoms. The van der Waals surface area contributed by atoms with Gasteiger partial charge in [-0.2, -0.15) is 0 Å². The van der Waals surface area contributed by atoms with E-state index in [0.29, 0.717) is 0 Å². The lowest BCUT2D eigenvalue weighted by Crippen LogP contribution is -2.26. The number of rotatable bonds is 1. The first-order valence-corrected chi connectivity index (χ1v) is 8.03. The van der Waals surface area contributed by atoms with Gasteiger partial charge in [0.1, 0.15) is 0 Å². The van der Waals surface area contributed by atoms with Gasteiger partial charge in [0, 0.05) is 16.8 Å². The van der Waals surface area contributed by atoms with Crippen LogP contribution in [0.1, 0.15) is 23.7 Å². The summed E-state index contributed by atoms with van der Waals surface area (Å²) in [7, 11) is 0. The number of hydrogen-bond acceptors (Lipinski definition) is 1. The maximum absolute atomic E-state index is 2.33. The van der Waals surface area contributed by atoms with Crippen molar-refractivity contribution in [3.05, 3.63) is 83.7 Å². The molecule has 104 valence electrons. The highest BCUT2D eigenvalue weighted by Gasteiger charge is 2.37. The first kappa shape index (κ1) is 12.8. The zero-order chi connectivity index (χ0) is 14.4. The molecule has 2 heterocycles. The molecule has 1 aliphatic heterocycles. The molecule has 0 fully saturated rings. The standard InChI is InChI=1S/C19H17NS/c1-14-9-11-15(12-10-14)19(2)18-8-5-13-20(18)16-6-3-4-7-17(16)21-19/h3-13H,1-2H3. The minimum Gasteiger partial charge on any atom is -0.318 e. The second-order valence-electron chi connectivity index (χ2n) is 5.73. The summed E-state index contributed by atoms with van der Waals surface area (Å²) < 4.78 is 2.28. The summed E-state index contributed by atoms with van der Waals surface area (Å²) in [4.78, 5) is 1.34. The molecule has 1 atom stereocenters. The van der Waals surface area contributed by atoms with E-state index in [1.165, 1.54) is 27.4 Å². The Bertz CT molecular complexity index is 800. The van der Waals surface area contributed by atoms with Crippen LogP contribution in [0.3, 0.4) is 0 Å². The van der Waals surface area contributed by atoms with Crippen LogP contribution in [0.4, 0.5) is 0 Å². The summed E-state index contributed by atoms with van der Waals surface area (Å²) in [6, 6.07) is 21.9. The van der Waals surface area contributed by atoms with Gasteiger partial charge in [0.2, 0.25) is 0 Å². The molecule has 1 aliphatic rings. The summed E-state index contributed by atoms with van der Waals surface area (Å²) in [5, 5.41) is 0. The van der Waals surface area contributed by atoms with Gasteiger partial charge >= 0.3 is 0 Å². The minimum atomic E-state index is -0.0500. The molecule has 0 spiro atoms. The van der Waals surface area contributed by atoms with Crippen LogP contribution in [0.2, 0.25) is 0 Å². The fraction of sp³-hybridized carbons (Fsp3) is 0.158. The summed E-state index contributed by atoms with van der Waals surface area (Å²) in [5.74, 6) is 0. The van der Waals surface area contributed by atoms with Crippen molar-refractivity contribution in [1.29, 1.82) is 0 Å². The molecule has 0 saturated carbocycles. The third-order valence-corrected chi connectivity index (χ3v) is 5.70. The number of nitrogens with zero attached hydrogens (tertiary/aromatic N) is 1. The van der Waals surface area contributed by atoms with Crippen LogP contribution in [0, 0.1) is 6.92 Å². The van der Waals surface area contributed by atoms with E-state index in [1.54, 1.807) is 0 Å². The summed E-state index contributed by atoms with van der Waals surface area (Å²) in [6.07, 6.45) is 2.17. The lowest BCUT2D eigenvalue weighted by Gasteiger charge is -2.36. The predicted molar refractivity (Wildman–Crippen MR) is 89.3 cm³/mol. The molecule has 4 rings (SSSR count). The van der Waals surface area contributed by atoms with Crippen LogP contribution in [-0.2, 0) is 4.75 Å². The highest BCUT2D eigenvalue weighted by Crippen LogP contribution is 2.52. The van der Waals surface area contributed by atoms with Crippen LogP contribution in [0.5, 0.6) is 0 Å². The Morgan fingerprint density at radius 3 is 2.48 bits per heavy atom. The summed E-state index contributed by atoms with van der Waals surface area (Å²) in [5.41, 5.74) is 5.29. The Labute approximate surface area is 129 Å². The number of hydrogen-bond donors (Lipinski definition) is 0. The van der Waals surface area contributed by atoms with Crippen LogP contribution >= 0.6 is 11.8 Å². The van der Waals surface area contributed by atoms with Gasteiger partial charge in [0.25, 0.3) is 0 Å². The zero-order valence-electron chi connectivity index (χ0n) is 12.2. The fourth-order valence-corrected chi connectivity index (χ4v) is 4.46. The van der Waals surface area contributed by atoms with Crippen molar-refractivity contribution < 1.29 is 0 Å². The van der Waals surface area contributed by atoms with E-state index in [2.05, 4.69) is 85.3 Å². The van der Waals surface area contributed by atoms with E-state index in [-0.39, 0.29) is 4.75 Å². The molecule has 0 bridgehead atoms. The lowest BCUT2D eigenvalue weighted by atomic mass is 9.95. The van der Waals surface area contributed by atoms with Crippen LogP contribution in [0.25, 0.3) is 5.69 Å². The normalized spacial score (nSPS) is 19.9. The highest BCUT2D eigenvalue weighted by atomic mass is 32.2. The van der Waals surface area contributed by atoms with Gasteiger partial charge in [-0.25, -0.2) is 0 Å². The van der Waals surface area contributed by atoms with Gasteiger partial charge in [-0.05, 0) is 43.7 Å². The SMILES string of the molecule is Cc1ccc(C2(C)Sc3ccccc3-n3cccc32)cc1. The maximum Gasteiger partial charge on any atom is 0.0831 e. The molecule has 0 N–H and O–H groups in total. The van der Waals surface area contributed by atoms with E-state index in [9.17, 15) is 0 Å². The fourth-order valence-electron chi connectivity index (χ4n) is 3.07. The average molecular weight is 291 g/mol. The summed E-state index contributed by atoms with van der Waals surface area (Å²) >= 11 is 1.94. The van der Waals surface area contributed by atoms with Gasteiger partial charge in [0.15, 0.2) is 0 Å². The van der Waals surface area contributed by atoms with Crippen molar-refractivity contribution in [2.75, 3.05) is 0 Å². The smallest absolute Gasteiger partial charge is 0.0831 e. The first-order valence-electron chi connectivity index (χ1n) is 7.22. The number of fused-ring (bicyclic) bond motifs is 3.